The van der Waals surface area contributed by atoms with Gasteiger partial charge in [-0.15, -0.1) is 0 Å². The number of pyridine rings is 2. The van der Waals surface area contributed by atoms with Crippen molar-refractivity contribution < 1.29 is 4.39 Å². The monoisotopic (exact) mass is 448 g/mol. The van der Waals surface area contributed by atoms with Gasteiger partial charge in [-0.05, 0) is 53.6 Å². The van der Waals surface area contributed by atoms with Gasteiger partial charge in [0.25, 0.3) is 0 Å². The summed E-state index contributed by atoms with van der Waals surface area (Å²) in [5.74, 6) is -0.248. The van der Waals surface area contributed by atoms with Crippen molar-refractivity contribution in [1.82, 2.24) is 25.1 Å². The van der Waals surface area contributed by atoms with Gasteiger partial charge in [0.1, 0.15) is 17.0 Å². The van der Waals surface area contributed by atoms with E-state index in [0.29, 0.717) is 0 Å². The van der Waals surface area contributed by atoms with E-state index in [1.807, 2.05) is 61.7 Å². The average molecular weight is 449 g/mol. The molecule has 166 valence electrons. The zero-order valence-electron chi connectivity index (χ0n) is 18.7. The zero-order chi connectivity index (χ0) is 23.2. The van der Waals surface area contributed by atoms with Gasteiger partial charge in [-0.25, -0.2) is 9.37 Å². The molecule has 34 heavy (non-hydrogen) atoms. The van der Waals surface area contributed by atoms with Crippen LogP contribution in [-0.4, -0.2) is 39.2 Å². The maximum atomic E-state index is 13.4. The topological polar surface area (TPSA) is 73.5 Å². The summed E-state index contributed by atoms with van der Waals surface area (Å²) in [6, 6.07) is 20.7. The van der Waals surface area contributed by atoms with Crippen LogP contribution in [0.25, 0.3) is 55.7 Å². The summed E-state index contributed by atoms with van der Waals surface area (Å²) >= 11 is 0. The second-order valence-corrected chi connectivity index (χ2v) is 8.45. The van der Waals surface area contributed by atoms with E-state index in [4.69, 9.17) is 4.98 Å². The number of rotatable bonds is 4. The number of H-pyrrole nitrogens is 2. The quantitative estimate of drug-likeness (QED) is 0.345. The van der Waals surface area contributed by atoms with Crippen LogP contribution in [0, 0.1) is 5.82 Å². The third-order valence-electron chi connectivity index (χ3n) is 6.02. The Morgan fingerprint density at radius 3 is 2.53 bits per heavy atom. The SMILES string of the molecule is CN(C)c1cncc(-c2ccc3[nH]nc(-c4cc5c(-c6ccc(F)cc6)cccc5[nH]4)c3n2)c1. The molecule has 0 bridgehead atoms. The van der Waals surface area contributed by atoms with Gasteiger partial charge >= 0.3 is 0 Å². The van der Waals surface area contributed by atoms with Crippen molar-refractivity contribution in [3.05, 3.63) is 84.9 Å². The van der Waals surface area contributed by atoms with Crippen molar-refractivity contribution in [3.63, 3.8) is 0 Å². The smallest absolute Gasteiger partial charge is 0.135 e. The number of nitrogens with zero attached hydrogens (tertiary/aromatic N) is 4. The lowest BCUT2D eigenvalue weighted by atomic mass is 10.0. The molecule has 4 heterocycles. The number of aromatic nitrogens is 5. The number of benzene rings is 2. The summed E-state index contributed by atoms with van der Waals surface area (Å²) in [4.78, 5) is 14.8. The maximum absolute atomic E-state index is 13.4. The van der Waals surface area contributed by atoms with Gasteiger partial charge in [-0.2, -0.15) is 5.10 Å². The molecule has 6 nitrogen and oxygen atoms in total. The Kier molecular flexibility index (Phi) is 4.62. The summed E-state index contributed by atoms with van der Waals surface area (Å²) in [6.07, 6.45) is 3.65. The molecule has 2 aromatic carbocycles. The van der Waals surface area contributed by atoms with Gasteiger partial charge < -0.3 is 9.88 Å². The molecule has 0 radical (unpaired) electrons. The van der Waals surface area contributed by atoms with E-state index in [1.54, 1.807) is 12.1 Å². The van der Waals surface area contributed by atoms with Gasteiger partial charge in [-0.1, -0.05) is 24.3 Å². The van der Waals surface area contributed by atoms with Crippen molar-refractivity contribution in [2.24, 2.45) is 0 Å². The lowest BCUT2D eigenvalue weighted by Gasteiger charge is -2.12. The average Bonchev–Trinajstić information content (AvgIpc) is 3.48. The molecule has 0 aliphatic carbocycles. The minimum Gasteiger partial charge on any atom is -0.376 e. The predicted octanol–water partition coefficient (Wildman–Crippen LogP) is 6.04. The standard InChI is InChI=1S/C27H21FN6/c1-34(2)19-12-17(14-29-15-19)22-10-11-24-26(31-22)27(33-32-24)25-13-21-20(4-3-5-23(21)30-25)16-6-8-18(28)9-7-16/h3-15,30H,1-2H3,(H,32,33). The summed E-state index contributed by atoms with van der Waals surface area (Å²) in [7, 11) is 3.98. The van der Waals surface area contributed by atoms with Crippen molar-refractivity contribution in [3.8, 4) is 33.8 Å². The van der Waals surface area contributed by atoms with Crippen LogP contribution in [0.5, 0.6) is 0 Å². The van der Waals surface area contributed by atoms with Crippen molar-refractivity contribution in [1.29, 1.82) is 0 Å². The molecule has 0 saturated carbocycles. The van der Waals surface area contributed by atoms with Crippen LogP contribution in [0.2, 0.25) is 0 Å². The first-order valence-electron chi connectivity index (χ1n) is 10.9. The number of anilines is 1. The molecule has 0 saturated heterocycles. The second kappa shape index (κ2) is 7.81. The van der Waals surface area contributed by atoms with Crippen molar-refractivity contribution >= 4 is 27.6 Å². The largest absolute Gasteiger partial charge is 0.376 e. The van der Waals surface area contributed by atoms with E-state index in [0.717, 1.165) is 61.4 Å². The number of hydrogen-bond acceptors (Lipinski definition) is 4. The van der Waals surface area contributed by atoms with Crippen LogP contribution < -0.4 is 4.90 Å². The van der Waals surface area contributed by atoms with Crippen LogP contribution in [0.4, 0.5) is 10.1 Å². The number of hydrogen-bond donors (Lipinski definition) is 2. The fourth-order valence-electron chi connectivity index (χ4n) is 4.22. The molecule has 0 aliphatic heterocycles. The number of fused-ring (bicyclic) bond motifs is 2. The highest BCUT2D eigenvalue weighted by molar-refractivity contribution is 6.00. The minimum absolute atomic E-state index is 0.248. The molecule has 6 aromatic rings. The first-order valence-corrected chi connectivity index (χ1v) is 10.9. The summed E-state index contributed by atoms with van der Waals surface area (Å²) in [5, 5.41) is 8.70. The highest BCUT2D eigenvalue weighted by atomic mass is 19.1. The maximum Gasteiger partial charge on any atom is 0.135 e. The van der Waals surface area contributed by atoms with Gasteiger partial charge in [0.2, 0.25) is 0 Å². The first-order chi connectivity index (χ1) is 16.6. The van der Waals surface area contributed by atoms with Crippen LogP contribution in [0.1, 0.15) is 0 Å². The normalized spacial score (nSPS) is 11.4. The van der Waals surface area contributed by atoms with E-state index in [1.165, 1.54) is 12.1 Å². The third kappa shape index (κ3) is 3.38. The van der Waals surface area contributed by atoms with Gasteiger partial charge in [0.15, 0.2) is 0 Å². The first kappa shape index (κ1) is 20.1. The lowest BCUT2D eigenvalue weighted by molar-refractivity contribution is 0.628. The molecule has 4 aromatic heterocycles. The minimum atomic E-state index is -0.248. The molecule has 2 N–H and O–H groups in total. The zero-order valence-corrected chi connectivity index (χ0v) is 18.7. The Bertz CT molecular complexity index is 1650. The molecule has 0 atom stereocenters. The molecule has 7 heteroatoms. The van der Waals surface area contributed by atoms with Crippen molar-refractivity contribution in [2.75, 3.05) is 19.0 Å². The Morgan fingerprint density at radius 1 is 0.853 bits per heavy atom. The van der Waals surface area contributed by atoms with E-state index in [-0.39, 0.29) is 5.82 Å². The van der Waals surface area contributed by atoms with Crippen molar-refractivity contribution in [2.45, 2.75) is 0 Å². The summed E-state index contributed by atoms with van der Waals surface area (Å²) in [6.45, 7) is 0. The molecular weight excluding hydrogens is 427 g/mol. The van der Waals surface area contributed by atoms with Gasteiger partial charge in [0, 0.05) is 36.8 Å². The predicted molar refractivity (Wildman–Crippen MR) is 134 cm³/mol. The Morgan fingerprint density at radius 2 is 1.71 bits per heavy atom. The van der Waals surface area contributed by atoms with Gasteiger partial charge in [-0.3, -0.25) is 10.1 Å². The summed E-state index contributed by atoms with van der Waals surface area (Å²) in [5.41, 5.74) is 8.98. The van der Waals surface area contributed by atoms with Crippen LogP contribution in [0.15, 0.2) is 79.1 Å². The van der Waals surface area contributed by atoms with Crippen LogP contribution in [-0.2, 0) is 0 Å². The van der Waals surface area contributed by atoms with Gasteiger partial charge in [0.05, 0.1) is 28.8 Å². The molecule has 0 unspecified atom stereocenters. The van der Waals surface area contributed by atoms with E-state index >= 15 is 0 Å². The van der Waals surface area contributed by atoms with E-state index in [2.05, 4.69) is 32.3 Å². The van der Waals surface area contributed by atoms with E-state index in [9.17, 15) is 4.39 Å². The Balaban J connectivity index is 1.47. The van der Waals surface area contributed by atoms with Crippen LogP contribution >= 0.6 is 0 Å². The Labute approximate surface area is 195 Å². The van der Waals surface area contributed by atoms with E-state index < -0.39 is 0 Å². The fourth-order valence-corrected chi connectivity index (χ4v) is 4.22. The molecule has 0 aliphatic rings. The number of aromatic amines is 2. The lowest BCUT2D eigenvalue weighted by Crippen LogP contribution is -2.08. The molecule has 6 rings (SSSR count). The number of halogens is 1. The Hall–Kier alpha value is -4.52. The number of nitrogens with one attached hydrogen (secondary N) is 2. The third-order valence-corrected chi connectivity index (χ3v) is 6.02. The highest BCUT2D eigenvalue weighted by Gasteiger charge is 2.15. The molecular formula is C27H21FN6. The van der Waals surface area contributed by atoms with Crippen LogP contribution in [0.3, 0.4) is 0 Å². The molecule has 0 spiro atoms. The summed E-state index contributed by atoms with van der Waals surface area (Å²) < 4.78 is 13.4. The fraction of sp³-hybridized carbons (Fsp3) is 0.0741. The molecule has 0 fully saturated rings. The second-order valence-electron chi connectivity index (χ2n) is 8.45. The highest BCUT2D eigenvalue weighted by Crippen LogP contribution is 2.34. The molecule has 0 amide bonds.